The van der Waals surface area contributed by atoms with Crippen LogP contribution in [0.4, 0.5) is 5.95 Å². The molecule has 2 aliphatic rings. The zero-order valence-electron chi connectivity index (χ0n) is 16.2. The maximum atomic E-state index is 6.64. The molecule has 0 aliphatic carbocycles. The van der Waals surface area contributed by atoms with E-state index in [0.717, 1.165) is 62.1 Å². The van der Waals surface area contributed by atoms with Crippen molar-refractivity contribution >= 4 is 17.5 Å². The minimum atomic E-state index is -0.151. The number of rotatable bonds is 4. The summed E-state index contributed by atoms with van der Waals surface area (Å²) in [5.74, 6) is 0.849. The lowest BCUT2D eigenvalue weighted by atomic mass is 9.70. The van der Waals surface area contributed by atoms with E-state index in [1.54, 1.807) is 0 Å². The van der Waals surface area contributed by atoms with Crippen molar-refractivity contribution in [3.8, 4) is 0 Å². The molecule has 1 aromatic heterocycles. The van der Waals surface area contributed by atoms with Crippen LogP contribution in [0.3, 0.4) is 0 Å². The Bertz CT molecular complexity index is 788. The number of benzene rings is 1. The predicted molar refractivity (Wildman–Crippen MR) is 111 cm³/mol. The van der Waals surface area contributed by atoms with Gasteiger partial charge in [0.15, 0.2) is 0 Å². The largest absolute Gasteiger partial charge is 0.339 e. The standard InChI is InChI=1S/C21H28ClN5/c1-26(2)16-8-14-27(15-16)20-24-11-7-19(25-20)21(9-12-23-13-10-21)17-5-3-4-6-18(17)22/h3-7,11,16,23H,8-10,12-15H2,1-2H3. The third-order valence-corrected chi connectivity index (χ3v) is 6.49. The Morgan fingerprint density at radius 2 is 1.96 bits per heavy atom. The monoisotopic (exact) mass is 385 g/mol. The molecule has 2 saturated heterocycles. The minimum absolute atomic E-state index is 0.151. The highest BCUT2D eigenvalue weighted by molar-refractivity contribution is 6.31. The molecule has 3 heterocycles. The average Bonchev–Trinajstić information content (AvgIpc) is 3.20. The predicted octanol–water partition coefficient (Wildman–Crippen LogP) is 2.94. The van der Waals surface area contributed by atoms with Gasteiger partial charge in [-0.2, -0.15) is 0 Å². The smallest absolute Gasteiger partial charge is 0.225 e. The van der Waals surface area contributed by atoms with Crippen LogP contribution in [0.1, 0.15) is 30.5 Å². The molecule has 0 spiro atoms. The van der Waals surface area contributed by atoms with Crippen molar-refractivity contribution in [2.24, 2.45) is 0 Å². The van der Waals surface area contributed by atoms with Gasteiger partial charge < -0.3 is 15.1 Å². The molecule has 1 aromatic carbocycles. The molecule has 0 bridgehead atoms. The number of nitrogens with zero attached hydrogens (tertiary/aromatic N) is 4. The van der Waals surface area contributed by atoms with Gasteiger partial charge in [0.2, 0.25) is 5.95 Å². The number of hydrogen-bond donors (Lipinski definition) is 1. The summed E-state index contributed by atoms with van der Waals surface area (Å²) in [6, 6.07) is 10.9. The second-order valence-electron chi connectivity index (χ2n) is 7.91. The Morgan fingerprint density at radius 3 is 2.67 bits per heavy atom. The Morgan fingerprint density at radius 1 is 1.19 bits per heavy atom. The van der Waals surface area contributed by atoms with Crippen LogP contribution in [-0.4, -0.2) is 61.2 Å². The molecule has 2 fully saturated rings. The summed E-state index contributed by atoms with van der Waals surface area (Å²) in [6.07, 6.45) is 5.06. The number of nitrogens with one attached hydrogen (secondary N) is 1. The minimum Gasteiger partial charge on any atom is -0.339 e. The number of likely N-dealkylation sites (N-methyl/N-ethyl adjacent to an activating group) is 1. The van der Waals surface area contributed by atoms with E-state index in [-0.39, 0.29) is 5.41 Å². The lowest BCUT2D eigenvalue weighted by Crippen LogP contribution is -2.42. The van der Waals surface area contributed by atoms with Crippen molar-refractivity contribution in [3.05, 3.63) is 52.8 Å². The summed E-state index contributed by atoms with van der Waals surface area (Å²) in [4.78, 5) is 14.3. The highest BCUT2D eigenvalue weighted by Crippen LogP contribution is 2.42. The number of halogens is 1. The Hall–Kier alpha value is -1.69. The summed E-state index contributed by atoms with van der Waals surface area (Å²) < 4.78 is 0. The third-order valence-electron chi connectivity index (χ3n) is 6.16. The van der Waals surface area contributed by atoms with Gasteiger partial charge in [-0.25, -0.2) is 9.97 Å². The lowest BCUT2D eigenvalue weighted by molar-refractivity contribution is 0.315. The fraction of sp³-hybridized carbons (Fsp3) is 0.524. The fourth-order valence-corrected chi connectivity index (χ4v) is 4.80. The van der Waals surface area contributed by atoms with Gasteiger partial charge in [-0.1, -0.05) is 29.8 Å². The van der Waals surface area contributed by atoms with Gasteiger partial charge in [0.25, 0.3) is 0 Å². The van der Waals surface area contributed by atoms with Gasteiger partial charge >= 0.3 is 0 Å². The number of anilines is 1. The zero-order valence-corrected chi connectivity index (χ0v) is 16.9. The molecule has 0 saturated carbocycles. The van der Waals surface area contributed by atoms with E-state index < -0.39 is 0 Å². The van der Waals surface area contributed by atoms with Crippen molar-refractivity contribution in [2.75, 3.05) is 45.2 Å². The van der Waals surface area contributed by atoms with Crippen molar-refractivity contribution in [3.63, 3.8) is 0 Å². The number of aromatic nitrogens is 2. The van der Waals surface area contributed by atoms with E-state index in [4.69, 9.17) is 16.6 Å². The first-order chi connectivity index (χ1) is 13.1. The first-order valence-corrected chi connectivity index (χ1v) is 10.2. The number of hydrogen-bond acceptors (Lipinski definition) is 5. The maximum Gasteiger partial charge on any atom is 0.225 e. The highest BCUT2D eigenvalue weighted by Gasteiger charge is 2.39. The second kappa shape index (κ2) is 7.74. The Balaban J connectivity index is 1.71. The van der Waals surface area contributed by atoms with Crippen LogP contribution >= 0.6 is 11.6 Å². The van der Waals surface area contributed by atoms with Crippen molar-refractivity contribution in [1.29, 1.82) is 0 Å². The normalized spacial score (nSPS) is 22.4. The zero-order chi connectivity index (χ0) is 18.9. The molecule has 27 heavy (non-hydrogen) atoms. The summed E-state index contributed by atoms with van der Waals surface area (Å²) >= 11 is 6.64. The third kappa shape index (κ3) is 3.56. The molecule has 0 radical (unpaired) electrons. The topological polar surface area (TPSA) is 44.3 Å². The van der Waals surface area contributed by atoms with E-state index in [9.17, 15) is 0 Å². The molecule has 4 rings (SSSR count). The molecule has 1 N–H and O–H groups in total. The van der Waals surface area contributed by atoms with Crippen LogP contribution in [0.25, 0.3) is 0 Å². The van der Waals surface area contributed by atoms with Crippen LogP contribution in [0.15, 0.2) is 36.5 Å². The molecule has 2 aliphatic heterocycles. The molecular weight excluding hydrogens is 358 g/mol. The van der Waals surface area contributed by atoms with Crippen LogP contribution in [0, 0.1) is 0 Å². The first kappa shape index (κ1) is 18.7. The van der Waals surface area contributed by atoms with Crippen molar-refractivity contribution in [2.45, 2.75) is 30.7 Å². The molecular formula is C21H28ClN5. The van der Waals surface area contributed by atoms with E-state index in [0.29, 0.717) is 6.04 Å². The Labute approximate surface area is 166 Å². The van der Waals surface area contributed by atoms with Crippen LogP contribution in [0.2, 0.25) is 5.02 Å². The van der Waals surface area contributed by atoms with Gasteiger partial charge in [0.05, 0.1) is 5.69 Å². The molecule has 0 amide bonds. The molecule has 5 nitrogen and oxygen atoms in total. The lowest BCUT2D eigenvalue weighted by Gasteiger charge is -2.38. The van der Waals surface area contributed by atoms with Crippen LogP contribution in [0.5, 0.6) is 0 Å². The SMILES string of the molecule is CN(C)C1CCN(c2nccc(C3(c4ccccc4Cl)CCNCC3)n2)C1. The quantitative estimate of drug-likeness (QED) is 0.876. The Kier molecular flexibility index (Phi) is 5.35. The maximum absolute atomic E-state index is 6.64. The summed E-state index contributed by atoms with van der Waals surface area (Å²) in [7, 11) is 4.29. The summed E-state index contributed by atoms with van der Waals surface area (Å²) in [5.41, 5.74) is 2.13. The highest BCUT2D eigenvalue weighted by atomic mass is 35.5. The van der Waals surface area contributed by atoms with E-state index >= 15 is 0 Å². The van der Waals surface area contributed by atoms with E-state index in [2.05, 4.69) is 52.4 Å². The summed E-state index contributed by atoms with van der Waals surface area (Å²) in [6.45, 7) is 3.93. The fourth-order valence-electron chi connectivity index (χ4n) is 4.48. The molecule has 2 aromatic rings. The molecule has 1 unspecified atom stereocenters. The molecule has 144 valence electrons. The van der Waals surface area contributed by atoms with E-state index in [1.807, 2.05) is 18.3 Å². The second-order valence-corrected chi connectivity index (χ2v) is 8.31. The van der Waals surface area contributed by atoms with Gasteiger partial charge in [0, 0.05) is 35.8 Å². The van der Waals surface area contributed by atoms with Crippen LogP contribution < -0.4 is 10.2 Å². The van der Waals surface area contributed by atoms with Crippen molar-refractivity contribution < 1.29 is 0 Å². The molecule has 1 atom stereocenters. The molecule has 6 heteroatoms. The number of piperidine rings is 1. The average molecular weight is 386 g/mol. The van der Waals surface area contributed by atoms with Gasteiger partial charge in [0.1, 0.15) is 0 Å². The van der Waals surface area contributed by atoms with Gasteiger partial charge in [-0.05, 0) is 64.1 Å². The summed E-state index contributed by atoms with van der Waals surface area (Å²) in [5, 5.41) is 4.31. The van der Waals surface area contributed by atoms with Crippen LogP contribution in [-0.2, 0) is 5.41 Å². The van der Waals surface area contributed by atoms with Crippen molar-refractivity contribution in [1.82, 2.24) is 20.2 Å². The van der Waals surface area contributed by atoms with Gasteiger partial charge in [-0.15, -0.1) is 0 Å². The van der Waals surface area contributed by atoms with E-state index in [1.165, 1.54) is 5.56 Å². The first-order valence-electron chi connectivity index (χ1n) is 9.81. The van der Waals surface area contributed by atoms with Gasteiger partial charge in [-0.3, -0.25) is 0 Å².